The van der Waals surface area contributed by atoms with Crippen LogP contribution in [0.15, 0.2) is 83.8 Å². The molecule has 0 aliphatic heterocycles. The van der Waals surface area contributed by atoms with E-state index in [0.717, 1.165) is 11.1 Å². The van der Waals surface area contributed by atoms with Crippen LogP contribution in [0.25, 0.3) is 21.7 Å². The number of nitrogens with zero attached hydrogens (tertiary/aromatic N) is 1. The van der Waals surface area contributed by atoms with Gasteiger partial charge in [-0.3, -0.25) is 4.79 Å². The van der Waals surface area contributed by atoms with Crippen molar-refractivity contribution in [2.24, 2.45) is 5.14 Å². The van der Waals surface area contributed by atoms with E-state index in [2.05, 4.69) is 10.3 Å². The molecule has 0 unspecified atom stereocenters. The van der Waals surface area contributed by atoms with E-state index in [4.69, 9.17) is 5.14 Å². The predicted molar refractivity (Wildman–Crippen MR) is 123 cm³/mol. The number of rotatable bonds is 6. The number of carbonyl (C=O) groups excluding carboxylic acids is 1. The summed E-state index contributed by atoms with van der Waals surface area (Å²) in [4.78, 5) is 17.8. The van der Waals surface area contributed by atoms with E-state index in [0.29, 0.717) is 21.3 Å². The Kier molecular flexibility index (Phi) is 6.13. The van der Waals surface area contributed by atoms with Crippen LogP contribution in [0.3, 0.4) is 0 Å². The van der Waals surface area contributed by atoms with E-state index >= 15 is 0 Å². The van der Waals surface area contributed by atoms with Gasteiger partial charge in [0.2, 0.25) is 15.9 Å². The zero-order valence-electron chi connectivity index (χ0n) is 16.7. The largest absolute Gasteiger partial charge is 0.302 e. The number of benzene rings is 3. The van der Waals surface area contributed by atoms with Crippen molar-refractivity contribution < 1.29 is 17.6 Å². The van der Waals surface area contributed by atoms with Crippen LogP contribution in [0.1, 0.15) is 5.56 Å². The summed E-state index contributed by atoms with van der Waals surface area (Å²) in [7, 11) is -3.83. The van der Waals surface area contributed by atoms with Crippen molar-refractivity contribution in [3.8, 4) is 21.7 Å². The van der Waals surface area contributed by atoms with Gasteiger partial charge in [-0.2, -0.15) is 0 Å². The molecule has 0 spiro atoms. The summed E-state index contributed by atoms with van der Waals surface area (Å²) < 4.78 is 36.5. The molecule has 1 aromatic heterocycles. The molecule has 0 fully saturated rings. The molecule has 0 bridgehead atoms. The van der Waals surface area contributed by atoms with Gasteiger partial charge in [0.25, 0.3) is 0 Å². The third kappa shape index (κ3) is 5.08. The molecule has 6 nitrogen and oxygen atoms in total. The SMILES string of the molecule is NS(=O)(=O)c1ccc(-c2nc(NC(=O)Cc3ccccc3)sc2-c2ccc(F)cc2)cc1. The Labute approximate surface area is 188 Å². The second-order valence-corrected chi connectivity index (χ2v) is 9.54. The number of carbonyl (C=O) groups is 1. The van der Waals surface area contributed by atoms with Crippen molar-refractivity contribution in [2.45, 2.75) is 11.3 Å². The molecule has 3 aromatic carbocycles. The highest BCUT2D eigenvalue weighted by Crippen LogP contribution is 2.39. The highest BCUT2D eigenvalue weighted by atomic mass is 32.2. The third-order valence-corrected chi connectivity index (χ3v) is 6.59. The zero-order valence-corrected chi connectivity index (χ0v) is 18.3. The zero-order chi connectivity index (χ0) is 22.7. The summed E-state index contributed by atoms with van der Waals surface area (Å²) in [5, 5.41) is 8.38. The standard InChI is InChI=1S/C23H18FN3O3S2/c24-18-10-6-17(7-11-18)22-21(16-8-12-19(13-9-16)32(25,29)30)27-23(31-22)26-20(28)14-15-4-2-1-3-5-15/h1-13H,14H2,(H2,25,29,30)(H,26,27,28). The first-order valence-electron chi connectivity index (χ1n) is 9.53. The van der Waals surface area contributed by atoms with Crippen molar-refractivity contribution in [1.82, 2.24) is 4.98 Å². The van der Waals surface area contributed by atoms with Crippen LogP contribution in [-0.4, -0.2) is 19.3 Å². The summed E-state index contributed by atoms with van der Waals surface area (Å²) in [6.07, 6.45) is 0.199. The van der Waals surface area contributed by atoms with Crippen LogP contribution in [0, 0.1) is 5.82 Å². The fraction of sp³-hybridized carbons (Fsp3) is 0.0435. The summed E-state index contributed by atoms with van der Waals surface area (Å²) in [5.41, 5.74) is 2.77. The van der Waals surface area contributed by atoms with Gasteiger partial charge in [-0.15, -0.1) is 0 Å². The van der Waals surface area contributed by atoms with Crippen molar-refractivity contribution in [3.05, 3.63) is 90.2 Å². The Morgan fingerprint density at radius 3 is 2.19 bits per heavy atom. The first-order valence-corrected chi connectivity index (χ1v) is 11.9. The molecular weight excluding hydrogens is 449 g/mol. The maximum atomic E-state index is 13.4. The van der Waals surface area contributed by atoms with Crippen molar-refractivity contribution >= 4 is 32.4 Å². The highest BCUT2D eigenvalue weighted by Gasteiger charge is 2.18. The fourth-order valence-corrected chi connectivity index (χ4v) is 4.64. The number of halogens is 1. The maximum absolute atomic E-state index is 13.4. The lowest BCUT2D eigenvalue weighted by molar-refractivity contribution is -0.115. The van der Waals surface area contributed by atoms with E-state index < -0.39 is 10.0 Å². The number of sulfonamides is 1. The number of nitrogens with two attached hydrogens (primary N) is 1. The molecule has 1 heterocycles. The Hall–Kier alpha value is -3.40. The van der Waals surface area contributed by atoms with Crippen LogP contribution >= 0.6 is 11.3 Å². The van der Waals surface area contributed by atoms with Crippen LogP contribution in [-0.2, 0) is 21.2 Å². The molecule has 9 heteroatoms. The molecule has 162 valence electrons. The number of aromatic nitrogens is 1. The first kappa shape index (κ1) is 21.8. The normalized spacial score (nSPS) is 11.3. The minimum Gasteiger partial charge on any atom is -0.302 e. The summed E-state index contributed by atoms with van der Waals surface area (Å²) >= 11 is 1.25. The topological polar surface area (TPSA) is 102 Å². The number of hydrogen-bond donors (Lipinski definition) is 2. The monoisotopic (exact) mass is 467 g/mol. The molecule has 0 aliphatic rings. The number of amides is 1. The average Bonchev–Trinajstić information content (AvgIpc) is 3.18. The first-order chi connectivity index (χ1) is 15.3. The predicted octanol–water partition coefficient (Wildman–Crippen LogP) is 4.44. The lowest BCUT2D eigenvalue weighted by atomic mass is 10.1. The highest BCUT2D eigenvalue weighted by molar-refractivity contribution is 7.89. The fourth-order valence-electron chi connectivity index (χ4n) is 3.11. The van der Waals surface area contributed by atoms with Crippen molar-refractivity contribution in [3.63, 3.8) is 0 Å². The quantitative estimate of drug-likeness (QED) is 0.437. The molecule has 0 saturated carbocycles. The minimum absolute atomic E-state index is 0.0174. The summed E-state index contributed by atoms with van der Waals surface area (Å²) in [6, 6.07) is 21.3. The molecule has 0 saturated heterocycles. The van der Waals surface area contributed by atoms with Gasteiger partial charge in [0.15, 0.2) is 5.13 Å². The molecular formula is C23H18FN3O3S2. The number of hydrogen-bond acceptors (Lipinski definition) is 5. The van der Waals surface area contributed by atoms with Crippen LogP contribution in [0.2, 0.25) is 0 Å². The van der Waals surface area contributed by atoms with Gasteiger partial charge in [0, 0.05) is 5.56 Å². The van der Waals surface area contributed by atoms with Gasteiger partial charge >= 0.3 is 0 Å². The van der Waals surface area contributed by atoms with Crippen molar-refractivity contribution in [2.75, 3.05) is 5.32 Å². The van der Waals surface area contributed by atoms with Gasteiger partial charge < -0.3 is 5.32 Å². The van der Waals surface area contributed by atoms with Crippen LogP contribution in [0.4, 0.5) is 9.52 Å². The molecule has 0 atom stereocenters. The van der Waals surface area contributed by atoms with Gasteiger partial charge in [-0.1, -0.05) is 65.9 Å². The van der Waals surface area contributed by atoms with E-state index in [-0.39, 0.29) is 23.0 Å². The summed E-state index contributed by atoms with van der Waals surface area (Å²) in [5.74, 6) is -0.583. The lowest BCUT2D eigenvalue weighted by Gasteiger charge is -2.04. The van der Waals surface area contributed by atoms with Crippen LogP contribution < -0.4 is 10.5 Å². The Morgan fingerprint density at radius 2 is 1.56 bits per heavy atom. The molecule has 0 radical (unpaired) electrons. The molecule has 0 aliphatic carbocycles. The van der Waals surface area contributed by atoms with E-state index in [1.165, 1.54) is 35.6 Å². The smallest absolute Gasteiger partial charge is 0.238 e. The van der Waals surface area contributed by atoms with Gasteiger partial charge in [-0.05, 0) is 35.4 Å². The number of thiazole rings is 1. The molecule has 4 rings (SSSR count). The van der Waals surface area contributed by atoms with Crippen molar-refractivity contribution in [1.29, 1.82) is 0 Å². The van der Waals surface area contributed by atoms with Gasteiger partial charge in [0.05, 0.1) is 21.9 Å². The third-order valence-electron chi connectivity index (χ3n) is 4.64. The van der Waals surface area contributed by atoms with E-state index in [1.807, 2.05) is 30.3 Å². The Morgan fingerprint density at radius 1 is 0.938 bits per heavy atom. The van der Waals surface area contributed by atoms with Crippen LogP contribution in [0.5, 0.6) is 0 Å². The summed E-state index contributed by atoms with van der Waals surface area (Å²) in [6.45, 7) is 0. The van der Waals surface area contributed by atoms with E-state index in [1.54, 1.807) is 24.3 Å². The van der Waals surface area contributed by atoms with E-state index in [9.17, 15) is 17.6 Å². The Bertz CT molecular complexity index is 1350. The molecule has 4 aromatic rings. The lowest BCUT2D eigenvalue weighted by Crippen LogP contribution is -2.14. The van der Waals surface area contributed by atoms with Gasteiger partial charge in [0.1, 0.15) is 5.82 Å². The second-order valence-electron chi connectivity index (χ2n) is 6.98. The molecule has 3 N–H and O–H groups in total. The Balaban J connectivity index is 1.68. The number of primary sulfonamides is 1. The van der Waals surface area contributed by atoms with Gasteiger partial charge in [-0.25, -0.2) is 22.9 Å². The minimum atomic E-state index is -3.83. The maximum Gasteiger partial charge on any atom is 0.238 e. The molecule has 32 heavy (non-hydrogen) atoms. The molecule has 1 amide bonds. The number of anilines is 1. The average molecular weight is 468 g/mol. The second kappa shape index (κ2) is 8.99. The number of nitrogens with one attached hydrogen (secondary N) is 1.